The van der Waals surface area contributed by atoms with Crippen LogP contribution in [0.2, 0.25) is 0 Å². The first kappa shape index (κ1) is 26.2. The molecule has 1 aliphatic rings. The largest absolute Gasteiger partial charge is 0.488 e. The van der Waals surface area contributed by atoms with Crippen molar-refractivity contribution >= 4 is 17.5 Å². The molecule has 0 unspecified atom stereocenters. The monoisotopic (exact) mass is 511 g/mol. The van der Waals surface area contributed by atoms with Crippen LogP contribution in [0.1, 0.15) is 17.5 Å². The predicted octanol–water partition coefficient (Wildman–Crippen LogP) is 4.08. The van der Waals surface area contributed by atoms with Crippen LogP contribution in [0.3, 0.4) is 0 Å². The van der Waals surface area contributed by atoms with Crippen LogP contribution >= 0.6 is 0 Å². The molecule has 1 N–H and O–H groups in total. The average molecular weight is 512 g/mol. The zero-order chi connectivity index (χ0) is 26.4. The SMILES string of the molecule is CN(Cc1ccccc1)C(=O)[C@H]1CNCC(=O)N1c1ccc(CCCOc2c(F)ccc(F)c2F)cc1. The smallest absolute Gasteiger partial charge is 0.247 e. The van der Waals surface area contributed by atoms with Crippen LogP contribution in [0.15, 0.2) is 66.7 Å². The van der Waals surface area contributed by atoms with E-state index in [4.69, 9.17) is 4.74 Å². The highest BCUT2D eigenvalue weighted by atomic mass is 19.2. The number of hydrogen-bond donors (Lipinski definition) is 1. The number of nitrogens with one attached hydrogen (secondary N) is 1. The zero-order valence-corrected chi connectivity index (χ0v) is 20.4. The van der Waals surface area contributed by atoms with E-state index in [1.54, 1.807) is 24.1 Å². The topological polar surface area (TPSA) is 61.9 Å². The van der Waals surface area contributed by atoms with E-state index in [1.807, 2.05) is 42.5 Å². The Hall–Kier alpha value is -3.85. The highest BCUT2D eigenvalue weighted by Gasteiger charge is 2.35. The summed E-state index contributed by atoms with van der Waals surface area (Å²) in [5.74, 6) is -4.55. The molecule has 0 bridgehead atoms. The van der Waals surface area contributed by atoms with Gasteiger partial charge < -0.3 is 15.0 Å². The van der Waals surface area contributed by atoms with E-state index in [9.17, 15) is 22.8 Å². The van der Waals surface area contributed by atoms with Crippen LogP contribution in [-0.4, -0.2) is 49.5 Å². The van der Waals surface area contributed by atoms with Crippen molar-refractivity contribution in [1.29, 1.82) is 0 Å². The number of aryl methyl sites for hydroxylation is 1. The number of anilines is 1. The number of hydrogen-bond acceptors (Lipinski definition) is 4. The number of ether oxygens (including phenoxy) is 1. The van der Waals surface area contributed by atoms with Gasteiger partial charge >= 0.3 is 0 Å². The fourth-order valence-corrected chi connectivity index (χ4v) is 4.29. The molecular formula is C28H28F3N3O3. The summed E-state index contributed by atoms with van der Waals surface area (Å²) in [6.07, 6.45) is 0.975. The van der Waals surface area contributed by atoms with Gasteiger partial charge in [0.25, 0.3) is 0 Å². The van der Waals surface area contributed by atoms with Gasteiger partial charge in [-0.05, 0) is 48.2 Å². The van der Waals surface area contributed by atoms with Crippen LogP contribution in [0.4, 0.5) is 18.9 Å². The Morgan fingerprint density at radius 2 is 1.70 bits per heavy atom. The molecule has 0 aromatic heterocycles. The van der Waals surface area contributed by atoms with Gasteiger partial charge in [-0.3, -0.25) is 14.5 Å². The third-order valence-corrected chi connectivity index (χ3v) is 6.19. The Morgan fingerprint density at radius 1 is 1.00 bits per heavy atom. The maximum Gasteiger partial charge on any atom is 0.247 e. The standard InChI is InChI=1S/C28H28F3N3O3/c1-33(18-20-6-3-2-4-7-20)28(36)24-16-32-17-25(35)34(24)21-11-9-19(10-12-21)8-5-15-37-27-23(30)14-13-22(29)26(27)31/h2-4,6-7,9-14,24,32H,5,8,15-18H2,1H3/t24-/m1/s1. The number of likely N-dealkylation sites (N-methyl/N-ethyl adjacent to an activating group) is 1. The van der Waals surface area contributed by atoms with E-state index in [0.717, 1.165) is 17.2 Å². The van der Waals surface area contributed by atoms with Gasteiger partial charge in [0.2, 0.25) is 17.6 Å². The number of nitrogens with zero attached hydrogens (tertiary/aromatic N) is 2. The fraction of sp³-hybridized carbons (Fsp3) is 0.286. The third kappa shape index (κ3) is 6.29. The van der Waals surface area contributed by atoms with Gasteiger partial charge in [0.05, 0.1) is 13.2 Å². The first-order valence-electron chi connectivity index (χ1n) is 12.0. The summed E-state index contributed by atoms with van der Waals surface area (Å²) in [5.41, 5.74) is 2.53. The van der Waals surface area contributed by atoms with E-state index in [1.165, 1.54) is 4.90 Å². The maximum absolute atomic E-state index is 13.7. The molecule has 4 rings (SSSR count). The van der Waals surface area contributed by atoms with Crippen molar-refractivity contribution in [2.75, 3.05) is 31.6 Å². The Kier molecular flexibility index (Phi) is 8.45. The second-order valence-electron chi connectivity index (χ2n) is 8.88. The van der Waals surface area contributed by atoms with Gasteiger partial charge in [-0.1, -0.05) is 42.5 Å². The molecule has 0 aliphatic carbocycles. The molecule has 0 saturated carbocycles. The number of piperazine rings is 1. The van der Waals surface area contributed by atoms with E-state index in [-0.39, 0.29) is 25.0 Å². The lowest BCUT2D eigenvalue weighted by atomic mass is 10.1. The lowest BCUT2D eigenvalue weighted by Gasteiger charge is -2.37. The summed E-state index contributed by atoms with van der Waals surface area (Å²) in [6, 6.07) is 17.7. The first-order chi connectivity index (χ1) is 17.8. The number of rotatable bonds is 9. The van der Waals surface area contributed by atoms with Crippen LogP contribution in [0.25, 0.3) is 0 Å². The molecule has 37 heavy (non-hydrogen) atoms. The number of amides is 2. The van der Waals surface area contributed by atoms with Crippen LogP contribution in [0, 0.1) is 17.5 Å². The highest BCUT2D eigenvalue weighted by molar-refractivity contribution is 6.02. The van der Waals surface area contributed by atoms with Crippen LogP contribution in [0.5, 0.6) is 5.75 Å². The van der Waals surface area contributed by atoms with Crippen molar-refractivity contribution in [3.05, 3.63) is 95.3 Å². The molecule has 3 aromatic carbocycles. The molecular weight excluding hydrogens is 483 g/mol. The summed E-state index contributed by atoms with van der Waals surface area (Å²) in [6.45, 7) is 0.913. The van der Waals surface area contributed by atoms with Crippen LogP contribution in [-0.2, 0) is 22.6 Å². The summed E-state index contributed by atoms with van der Waals surface area (Å²) >= 11 is 0. The summed E-state index contributed by atoms with van der Waals surface area (Å²) in [5, 5.41) is 3.03. The molecule has 1 atom stereocenters. The molecule has 2 amide bonds. The van der Waals surface area contributed by atoms with Gasteiger partial charge in [-0.2, -0.15) is 4.39 Å². The second kappa shape index (κ2) is 11.9. The fourth-order valence-electron chi connectivity index (χ4n) is 4.29. The number of carbonyl (C=O) groups is 2. The van der Waals surface area contributed by atoms with Crippen molar-refractivity contribution in [2.45, 2.75) is 25.4 Å². The van der Waals surface area contributed by atoms with Gasteiger partial charge in [-0.25, -0.2) is 8.78 Å². The summed E-state index contributed by atoms with van der Waals surface area (Å²) in [4.78, 5) is 29.2. The Labute approximate surface area is 213 Å². The van der Waals surface area contributed by atoms with E-state index in [2.05, 4.69) is 5.32 Å². The molecule has 1 heterocycles. The molecule has 1 fully saturated rings. The zero-order valence-electron chi connectivity index (χ0n) is 20.4. The lowest BCUT2D eigenvalue weighted by molar-refractivity contribution is -0.134. The first-order valence-corrected chi connectivity index (χ1v) is 12.0. The maximum atomic E-state index is 13.7. The van der Waals surface area contributed by atoms with Crippen molar-refractivity contribution in [2.24, 2.45) is 0 Å². The quantitative estimate of drug-likeness (QED) is 0.348. The van der Waals surface area contributed by atoms with Gasteiger partial charge in [0, 0.05) is 25.8 Å². The van der Waals surface area contributed by atoms with Crippen molar-refractivity contribution < 1.29 is 27.5 Å². The number of carbonyl (C=O) groups excluding carboxylic acids is 2. The molecule has 3 aromatic rings. The van der Waals surface area contributed by atoms with Crippen LogP contribution < -0.4 is 15.0 Å². The third-order valence-electron chi connectivity index (χ3n) is 6.19. The molecule has 9 heteroatoms. The molecule has 6 nitrogen and oxygen atoms in total. The van der Waals surface area contributed by atoms with E-state index in [0.29, 0.717) is 37.7 Å². The van der Waals surface area contributed by atoms with Crippen molar-refractivity contribution in [3.8, 4) is 5.75 Å². The highest BCUT2D eigenvalue weighted by Crippen LogP contribution is 2.25. The van der Waals surface area contributed by atoms with Gasteiger partial charge in [0.15, 0.2) is 17.4 Å². The van der Waals surface area contributed by atoms with Gasteiger partial charge in [-0.15, -0.1) is 0 Å². The Bertz CT molecular complexity index is 1240. The minimum Gasteiger partial charge on any atom is -0.488 e. The minimum atomic E-state index is -1.34. The van der Waals surface area contributed by atoms with Crippen molar-refractivity contribution in [1.82, 2.24) is 10.2 Å². The molecule has 1 saturated heterocycles. The molecule has 0 radical (unpaired) electrons. The molecule has 194 valence electrons. The van der Waals surface area contributed by atoms with E-state index < -0.39 is 29.2 Å². The minimum absolute atomic E-state index is 0.000347. The summed E-state index contributed by atoms with van der Waals surface area (Å²) in [7, 11) is 1.72. The number of benzene rings is 3. The van der Waals surface area contributed by atoms with Crippen molar-refractivity contribution in [3.63, 3.8) is 0 Å². The second-order valence-corrected chi connectivity index (χ2v) is 8.88. The molecule has 0 spiro atoms. The average Bonchev–Trinajstić information content (AvgIpc) is 2.91. The normalized spacial score (nSPS) is 15.5. The number of halogens is 3. The Morgan fingerprint density at radius 3 is 2.43 bits per heavy atom. The Balaban J connectivity index is 1.37. The summed E-state index contributed by atoms with van der Waals surface area (Å²) < 4.78 is 45.8. The van der Waals surface area contributed by atoms with E-state index >= 15 is 0 Å². The lowest BCUT2D eigenvalue weighted by Crippen LogP contribution is -2.60. The van der Waals surface area contributed by atoms with Gasteiger partial charge in [0.1, 0.15) is 6.04 Å². The molecule has 1 aliphatic heterocycles. The predicted molar refractivity (Wildman–Crippen MR) is 134 cm³/mol.